The molecule has 3 aromatic rings. The summed E-state index contributed by atoms with van der Waals surface area (Å²) in [5.74, 6) is -0.690. The number of carbonyl (C=O) groups excluding carboxylic acids is 1. The van der Waals surface area contributed by atoms with Gasteiger partial charge in [-0.05, 0) is 31.2 Å². The molecule has 0 aliphatic rings. The maximum absolute atomic E-state index is 12.2. The minimum atomic E-state index is -0.568. The second-order valence-corrected chi connectivity index (χ2v) is 5.00. The SMILES string of the molecule is Cc1ccc(-n2[nH]c(C(=O)Nc3ncccc3O)cc2=O)cc1. The highest BCUT2D eigenvalue weighted by Gasteiger charge is 2.14. The zero-order valence-corrected chi connectivity index (χ0v) is 12.3. The molecule has 3 rings (SSSR count). The van der Waals surface area contributed by atoms with Gasteiger partial charge in [-0.2, -0.15) is 0 Å². The van der Waals surface area contributed by atoms with Crippen LogP contribution in [-0.4, -0.2) is 25.8 Å². The van der Waals surface area contributed by atoms with Crippen molar-refractivity contribution in [1.29, 1.82) is 0 Å². The van der Waals surface area contributed by atoms with Gasteiger partial charge in [-0.3, -0.25) is 14.7 Å². The lowest BCUT2D eigenvalue weighted by Crippen LogP contribution is -2.14. The first-order chi connectivity index (χ1) is 11.0. The van der Waals surface area contributed by atoms with Crippen molar-refractivity contribution in [3.8, 4) is 11.4 Å². The molecular weight excluding hydrogens is 296 g/mol. The third kappa shape index (κ3) is 2.98. The van der Waals surface area contributed by atoms with E-state index in [1.54, 1.807) is 18.2 Å². The van der Waals surface area contributed by atoms with Crippen LogP contribution in [0.2, 0.25) is 0 Å². The van der Waals surface area contributed by atoms with Gasteiger partial charge >= 0.3 is 0 Å². The van der Waals surface area contributed by atoms with Crippen molar-refractivity contribution in [2.45, 2.75) is 6.92 Å². The quantitative estimate of drug-likeness (QED) is 0.687. The molecular formula is C16H14N4O3. The number of rotatable bonds is 3. The van der Waals surface area contributed by atoms with Crippen LogP contribution in [0.3, 0.4) is 0 Å². The molecule has 0 aliphatic carbocycles. The van der Waals surface area contributed by atoms with Crippen LogP contribution < -0.4 is 10.9 Å². The summed E-state index contributed by atoms with van der Waals surface area (Å²) in [5, 5.41) is 14.8. The molecule has 0 bridgehead atoms. The fraction of sp³-hybridized carbons (Fsp3) is 0.0625. The average molecular weight is 310 g/mol. The van der Waals surface area contributed by atoms with Crippen molar-refractivity contribution >= 4 is 11.7 Å². The van der Waals surface area contributed by atoms with E-state index in [-0.39, 0.29) is 22.8 Å². The Bertz CT molecular complexity index is 910. The van der Waals surface area contributed by atoms with Crippen molar-refractivity contribution in [2.24, 2.45) is 0 Å². The van der Waals surface area contributed by atoms with Crippen LogP contribution in [0.4, 0.5) is 5.82 Å². The molecule has 23 heavy (non-hydrogen) atoms. The summed E-state index contributed by atoms with van der Waals surface area (Å²) in [4.78, 5) is 28.1. The zero-order valence-electron chi connectivity index (χ0n) is 12.3. The molecule has 0 fully saturated rings. The van der Waals surface area contributed by atoms with Gasteiger partial charge in [0.1, 0.15) is 5.69 Å². The first-order valence-electron chi connectivity index (χ1n) is 6.89. The van der Waals surface area contributed by atoms with Crippen LogP contribution in [-0.2, 0) is 0 Å². The smallest absolute Gasteiger partial charge is 0.275 e. The highest BCUT2D eigenvalue weighted by atomic mass is 16.3. The molecule has 1 aromatic carbocycles. The summed E-state index contributed by atoms with van der Waals surface area (Å²) in [7, 11) is 0. The average Bonchev–Trinajstić information content (AvgIpc) is 2.92. The number of amides is 1. The molecule has 0 aliphatic heterocycles. The number of aromatic amines is 1. The normalized spacial score (nSPS) is 10.5. The number of carbonyl (C=O) groups is 1. The summed E-state index contributed by atoms with van der Waals surface area (Å²) < 4.78 is 1.27. The molecule has 7 nitrogen and oxygen atoms in total. The molecule has 0 saturated carbocycles. The third-order valence-electron chi connectivity index (χ3n) is 3.28. The maximum Gasteiger partial charge on any atom is 0.275 e. The van der Waals surface area contributed by atoms with Crippen molar-refractivity contribution in [2.75, 3.05) is 5.32 Å². The number of benzene rings is 1. The van der Waals surface area contributed by atoms with E-state index in [0.29, 0.717) is 5.69 Å². The Morgan fingerprint density at radius 3 is 2.70 bits per heavy atom. The summed E-state index contributed by atoms with van der Waals surface area (Å²) in [6.45, 7) is 1.94. The number of hydrogen-bond acceptors (Lipinski definition) is 4. The summed E-state index contributed by atoms with van der Waals surface area (Å²) in [5.41, 5.74) is 1.40. The van der Waals surface area contributed by atoms with Crippen LogP contribution in [0.25, 0.3) is 5.69 Å². The van der Waals surface area contributed by atoms with Crippen LogP contribution in [0.1, 0.15) is 16.1 Å². The Hall–Kier alpha value is -3.35. The lowest BCUT2D eigenvalue weighted by Gasteiger charge is -2.05. The summed E-state index contributed by atoms with van der Waals surface area (Å²) >= 11 is 0. The molecule has 2 aromatic heterocycles. The van der Waals surface area contributed by atoms with Crippen LogP contribution in [0.15, 0.2) is 53.5 Å². The Balaban J connectivity index is 1.88. The Labute approximate surface area is 131 Å². The molecule has 0 spiro atoms. The van der Waals surface area contributed by atoms with E-state index in [1.165, 1.54) is 23.0 Å². The van der Waals surface area contributed by atoms with Gasteiger partial charge in [0, 0.05) is 12.3 Å². The highest BCUT2D eigenvalue weighted by molar-refractivity contribution is 6.02. The maximum atomic E-state index is 12.2. The van der Waals surface area contributed by atoms with Gasteiger partial charge < -0.3 is 10.4 Å². The number of H-pyrrole nitrogens is 1. The largest absolute Gasteiger partial charge is 0.504 e. The zero-order chi connectivity index (χ0) is 16.4. The van der Waals surface area contributed by atoms with Crippen LogP contribution >= 0.6 is 0 Å². The van der Waals surface area contributed by atoms with Crippen molar-refractivity contribution in [3.63, 3.8) is 0 Å². The monoisotopic (exact) mass is 310 g/mol. The fourth-order valence-electron chi connectivity index (χ4n) is 2.07. The van der Waals surface area contributed by atoms with E-state index >= 15 is 0 Å². The molecule has 0 saturated heterocycles. The summed E-state index contributed by atoms with van der Waals surface area (Å²) in [6.07, 6.45) is 1.44. The molecule has 0 atom stereocenters. The minimum Gasteiger partial charge on any atom is -0.504 e. The Morgan fingerprint density at radius 2 is 2.00 bits per heavy atom. The molecule has 0 radical (unpaired) electrons. The predicted octanol–water partition coefficient (Wildman–Crippen LogP) is 1.83. The van der Waals surface area contributed by atoms with E-state index in [0.717, 1.165) is 5.56 Å². The first kappa shape index (κ1) is 14.6. The predicted molar refractivity (Wildman–Crippen MR) is 85.0 cm³/mol. The second kappa shape index (κ2) is 5.80. The standard InChI is InChI=1S/C16H14N4O3/c1-10-4-6-11(7-5-10)20-14(22)9-12(19-20)16(23)18-15-13(21)3-2-8-17-15/h2-9,19,21H,1H3,(H,17,18,23). The van der Waals surface area contributed by atoms with Gasteiger partial charge in [-0.1, -0.05) is 17.7 Å². The fourth-order valence-corrected chi connectivity index (χ4v) is 2.07. The number of aromatic nitrogens is 3. The number of anilines is 1. The number of hydrogen-bond donors (Lipinski definition) is 3. The molecule has 7 heteroatoms. The number of pyridine rings is 1. The van der Waals surface area contributed by atoms with E-state index in [1.807, 2.05) is 19.1 Å². The van der Waals surface area contributed by atoms with E-state index in [9.17, 15) is 14.7 Å². The lowest BCUT2D eigenvalue weighted by atomic mass is 10.2. The molecule has 2 heterocycles. The molecule has 3 N–H and O–H groups in total. The Morgan fingerprint density at radius 1 is 1.26 bits per heavy atom. The topological polar surface area (TPSA) is 100 Å². The van der Waals surface area contributed by atoms with Gasteiger partial charge in [-0.15, -0.1) is 0 Å². The van der Waals surface area contributed by atoms with E-state index in [4.69, 9.17) is 0 Å². The van der Waals surface area contributed by atoms with Crippen LogP contribution in [0.5, 0.6) is 5.75 Å². The van der Waals surface area contributed by atoms with Gasteiger partial charge in [0.05, 0.1) is 5.69 Å². The number of nitrogens with zero attached hydrogens (tertiary/aromatic N) is 2. The Kier molecular flexibility index (Phi) is 3.68. The number of aryl methyl sites for hydroxylation is 1. The number of aromatic hydroxyl groups is 1. The first-order valence-corrected chi connectivity index (χ1v) is 6.89. The van der Waals surface area contributed by atoms with E-state index < -0.39 is 5.91 Å². The summed E-state index contributed by atoms with van der Waals surface area (Å²) in [6, 6.07) is 11.4. The minimum absolute atomic E-state index is 0.0291. The second-order valence-electron chi connectivity index (χ2n) is 5.00. The van der Waals surface area contributed by atoms with Crippen molar-refractivity contribution in [3.05, 3.63) is 70.3 Å². The van der Waals surface area contributed by atoms with Gasteiger partial charge in [0.25, 0.3) is 11.5 Å². The van der Waals surface area contributed by atoms with Gasteiger partial charge in [0.15, 0.2) is 11.6 Å². The molecule has 1 amide bonds. The van der Waals surface area contributed by atoms with E-state index in [2.05, 4.69) is 15.4 Å². The molecule has 0 unspecified atom stereocenters. The van der Waals surface area contributed by atoms with Crippen LogP contribution in [0, 0.1) is 6.92 Å². The lowest BCUT2D eigenvalue weighted by molar-refractivity contribution is 0.102. The third-order valence-corrected chi connectivity index (χ3v) is 3.28. The highest BCUT2D eigenvalue weighted by Crippen LogP contribution is 2.18. The van der Waals surface area contributed by atoms with Gasteiger partial charge in [-0.25, -0.2) is 9.67 Å². The molecule has 116 valence electrons. The van der Waals surface area contributed by atoms with Gasteiger partial charge in [0.2, 0.25) is 0 Å². The van der Waals surface area contributed by atoms with Crippen molar-refractivity contribution < 1.29 is 9.90 Å². The number of nitrogens with one attached hydrogen (secondary N) is 2. The van der Waals surface area contributed by atoms with Crippen molar-refractivity contribution in [1.82, 2.24) is 14.8 Å².